The third-order valence-electron chi connectivity index (χ3n) is 3.81. The van der Waals surface area contributed by atoms with E-state index in [-0.39, 0.29) is 11.9 Å². The van der Waals surface area contributed by atoms with Crippen LogP contribution in [0.25, 0.3) is 5.65 Å². The minimum Gasteiger partial charge on any atom is -0.332 e. The number of carbonyl (C=O) groups excluding carboxylic acids is 1. The Morgan fingerprint density at radius 1 is 1.52 bits per heavy atom. The number of carbonyl (C=O) groups is 1. The van der Waals surface area contributed by atoms with Gasteiger partial charge in [0.25, 0.3) is 0 Å². The van der Waals surface area contributed by atoms with Crippen molar-refractivity contribution in [1.29, 1.82) is 5.26 Å². The molecule has 2 aromatic rings. The van der Waals surface area contributed by atoms with Crippen LogP contribution < -0.4 is 5.32 Å². The second kappa shape index (κ2) is 5.83. The van der Waals surface area contributed by atoms with E-state index in [0.717, 1.165) is 30.7 Å². The number of likely N-dealkylation sites (tertiary alicyclic amines) is 1. The summed E-state index contributed by atoms with van der Waals surface area (Å²) >= 11 is 0. The first-order valence-electron chi connectivity index (χ1n) is 7.11. The lowest BCUT2D eigenvalue weighted by atomic mass is 10.0. The number of amides is 2. The highest BCUT2D eigenvalue weighted by Crippen LogP contribution is 2.15. The van der Waals surface area contributed by atoms with Crippen molar-refractivity contribution in [1.82, 2.24) is 19.6 Å². The average molecular weight is 283 g/mol. The summed E-state index contributed by atoms with van der Waals surface area (Å²) < 4.78 is 1.95. The largest absolute Gasteiger partial charge is 0.332 e. The summed E-state index contributed by atoms with van der Waals surface area (Å²) in [6.45, 7) is 1.67. The predicted molar refractivity (Wildman–Crippen MR) is 77.3 cm³/mol. The van der Waals surface area contributed by atoms with Crippen molar-refractivity contribution in [3.63, 3.8) is 0 Å². The lowest BCUT2D eigenvalue weighted by Gasteiger charge is -2.29. The van der Waals surface area contributed by atoms with Crippen LogP contribution in [0.2, 0.25) is 0 Å². The summed E-state index contributed by atoms with van der Waals surface area (Å²) in [5, 5.41) is 11.9. The second-order valence-corrected chi connectivity index (χ2v) is 5.25. The van der Waals surface area contributed by atoms with Gasteiger partial charge < -0.3 is 14.6 Å². The highest BCUT2D eigenvalue weighted by Gasteiger charge is 2.23. The summed E-state index contributed by atoms with van der Waals surface area (Å²) in [5.74, 6) is -0.0414. The molecule has 0 bridgehead atoms. The van der Waals surface area contributed by atoms with Crippen LogP contribution >= 0.6 is 0 Å². The third kappa shape index (κ3) is 2.82. The van der Waals surface area contributed by atoms with Gasteiger partial charge in [-0.3, -0.25) is 0 Å². The number of nitriles is 1. The number of hydrogen-bond donors (Lipinski definition) is 1. The molecule has 1 aliphatic heterocycles. The molecule has 0 aromatic carbocycles. The molecular weight excluding hydrogens is 266 g/mol. The van der Waals surface area contributed by atoms with E-state index >= 15 is 0 Å². The van der Waals surface area contributed by atoms with Gasteiger partial charge in [0, 0.05) is 19.3 Å². The lowest BCUT2D eigenvalue weighted by molar-refractivity contribution is 0.176. The fourth-order valence-electron chi connectivity index (χ4n) is 2.66. The first-order valence-corrected chi connectivity index (χ1v) is 7.11. The van der Waals surface area contributed by atoms with Gasteiger partial charge in [0.2, 0.25) is 0 Å². The molecule has 6 heteroatoms. The van der Waals surface area contributed by atoms with Gasteiger partial charge in [0.05, 0.1) is 30.4 Å². The Balaban J connectivity index is 1.62. The first kappa shape index (κ1) is 13.4. The third-order valence-corrected chi connectivity index (χ3v) is 3.81. The van der Waals surface area contributed by atoms with Gasteiger partial charge in [0.15, 0.2) is 0 Å². The normalized spacial score (nSPS) is 18.4. The number of hydrogen-bond acceptors (Lipinski definition) is 3. The zero-order valence-corrected chi connectivity index (χ0v) is 11.7. The molecule has 1 atom stereocenters. The van der Waals surface area contributed by atoms with Crippen LogP contribution in [0.3, 0.4) is 0 Å². The maximum atomic E-state index is 12.2. The van der Waals surface area contributed by atoms with E-state index in [1.807, 2.05) is 28.8 Å². The number of pyridine rings is 1. The van der Waals surface area contributed by atoms with E-state index in [0.29, 0.717) is 13.1 Å². The quantitative estimate of drug-likeness (QED) is 0.913. The summed E-state index contributed by atoms with van der Waals surface area (Å²) in [7, 11) is 0. The average Bonchev–Trinajstić information content (AvgIpc) is 2.96. The maximum Gasteiger partial charge on any atom is 0.317 e. The molecule has 1 N–H and O–H groups in total. The Morgan fingerprint density at radius 2 is 2.43 bits per heavy atom. The Bertz CT molecular complexity index is 687. The highest BCUT2D eigenvalue weighted by molar-refractivity contribution is 5.74. The minimum absolute atomic E-state index is 0.0414. The molecule has 3 heterocycles. The molecule has 6 nitrogen and oxygen atoms in total. The molecule has 1 saturated heterocycles. The number of fused-ring (bicyclic) bond motifs is 1. The number of urea groups is 1. The summed E-state index contributed by atoms with van der Waals surface area (Å²) in [5.41, 5.74) is 1.80. The Kier molecular flexibility index (Phi) is 3.73. The number of nitrogens with zero attached hydrogens (tertiary/aromatic N) is 4. The molecule has 0 saturated carbocycles. The molecule has 3 rings (SSSR count). The topological polar surface area (TPSA) is 73.4 Å². The molecule has 1 aliphatic rings. The van der Waals surface area contributed by atoms with Crippen LogP contribution in [0.5, 0.6) is 0 Å². The van der Waals surface area contributed by atoms with Crippen LogP contribution in [-0.2, 0) is 6.54 Å². The van der Waals surface area contributed by atoms with Gasteiger partial charge in [-0.1, -0.05) is 6.07 Å². The summed E-state index contributed by atoms with van der Waals surface area (Å²) in [6, 6.07) is 7.92. The van der Waals surface area contributed by atoms with Crippen LogP contribution in [0.1, 0.15) is 18.5 Å². The van der Waals surface area contributed by atoms with E-state index in [1.54, 1.807) is 11.1 Å². The smallest absolute Gasteiger partial charge is 0.317 e. The zero-order valence-electron chi connectivity index (χ0n) is 11.7. The van der Waals surface area contributed by atoms with E-state index in [4.69, 9.17) is 5.26 Å². The van der Waals surface area contributed by atoms with Gasteiger partial charge in [-0.25, -0.2) is 9.78 Å². The molecule has 1 fully saturated rings. The van der Waals surface area contributed by atoms with Gasteiger partial charge in [0.1, 0.15) is 5.65 Å². The number of rotatable bonds is 2. The fraction of sp³-hybridized carbons (Fsp3) is 0.400. The number of piperidine rings is 1. The summed E-state index contributed by atoms with van der Waals surface area (Å²) in [6.07, 6.45) is 5.47. The lowest BCUT2D eigenvalue weighted by Crippen LogP contribution is -2.45. The van der Waals surface area contributed by atoms with Crippen LogP contribution in [-0.4, -0.2) is 33.4 Å². The number of imidazole rings is 1. The second-order valence-electron chi connectivity index (χ2n) is 5.25. The molecule has 108 valence electrons. The van der Waals surface area contributed by atoms with Gasteiger partial charge in [-0.2, -0.15) is 5.26 Å². The molecular formula is C15H17N5O. The van der Waals surface area contributed by atoms with E-state index in [9.17, 15) is 4.79 Å². The molecule has 0 unspecified atom stereocenters. The molecule has 21 heavy (non-hydrogen) atoms. The van der Waals surface area contributed by atoms with E-state index in [1.165, 1.54) is 0 Å². The fourth-order valence-corrected chi connectivity index (χ4v) is 2.66. The minimum atomic E-state index is -0.110. The number of aromatic nitrogens is 2. The first-order chi connectivity index (χ1) is 10.3. The van der Waals surface area contributed by atoms with Crippen molar-refractivity contribution in [3.8, 4) is 6.07 Å². The van der Waals surface area contributed by atoms with Crippen molar-refractivity contribution in [2.45, 2.75) is 19.4 Å². The monoisotopic (exact) mass is 283 g/mol. The molecule has 2 aromatic heterocycles. The Morgan fingerprint density at radius 3 is 3.29 bits per heavy atom. The maximum absolute atomic E-state index is 12.2. The SMILES string of the molecule is N#C[C@H]1CCCN(C(=O)NCc2cnc3ccccn23)C1. The Labute approximate surface area is 123 Å². The van der Waals surface area contributed by atoms with Crippen LogP contribution in [0.15, 0.2) is 30.6 Å². The van der Waals surface area contributed by atoms with Gasteiger partial charge >= 0.3 is 6.03 Å². The van der Waals surface area contributed by atoms with Crippen LogP contribution in [0.4, 0.5) is 4.79 Å². The summed E-state index contributed by atoms with van der Waals surface area (Å²) in [4.78, 5) is 18.2. The van der Waals surface area contributed by atoms with Crippen molar-refractivity contribution in [2.75, 3.05) is 13.1 Å². The number of nitrogens with one attached hydrogen (secondary N) is 1. The molecule has 0 aliphatic carbocycles. The molecule has 0 spiro atoms. The van der Waals surface area contributed by atoms with Crippen molar-refractivity contribution in [2.24, 2.45) is 5.92 Å². The highest BCUT2D eigenvalue weighted by atomic mass is 16.2. The van der Waals surface area contributed by atoms with Crippen molar-refractivity contribution < 1.29 is 4.79 Å². The van der Waals surface area contributed by atoms with E-state index in [2.05, 4.69) is 16.4 Å². The van der Waals surface area contributed by atoms with Crippen molar-refractivity contribution in [3.05, 3.63) is 36.3 Å². The van der Waals surface area contributed by atoms with Gasteiger partial charge in [-0.15, -0.1) is 0 Å². The predicted octanol–water partition coefficient (Wildman–Crippen LogP) is 1.78. The zero-order chi connectivity index (χ0) is 14.7. The molecule has 0 radical (unpaired) electrons. The van der Waals surface area contributed by atoms with E-state index < -0.39 is 0 Å². The molecule has 2 amide bonds. The van der Waals surface area contributed by atoms with Crippen molar-refractivity contribution >= 4 is 11.7 Å². The Hall–Kier alpha value is -2.55. The van der Waals surface area contributed by atoms with Crippen LogP contribution in [0, 0.1) is 17.2 Å². The standard InChI is InChI=1S/C15H17N5O/c16-8-12-4-3-6-19(11-12)15(21)18-10-13-9-17-14-5-1-2-7-20(13)14/h1-2,5,7,9,12H,3-4,6,10-11H2,(H,18,21)/t12-/m1/s1. The van der Waals surface area contributed by atoms with Gasteiger partial charge in [-0.05, 0) is 25.0 Å².